The number of rotatable bonds is 1. The van der Waals surface area contributed by atoms with Crippen LogP contribution in [0.15, 0.2) is 18.2 Å². The molecular formula is C9H10FNO2. The van der Waals surface area contributed by atoms with Gasteiger partial charge in [-0.1, -0.05) is 6.07 Å². The molecule has 1 saturated heterocycles. The van der Waals surface area contributed by atoms with Gasteiger partial charge in [-0.15, -0.1) is 0 Å². The maximum atomic E-state index is 13.3. The van der Waals surface area contributed by atoms with Crippen LogP contribution < -0.4 is 5.73 Å². The molecule has 0 bridgehead atoms. The first-order valence-corrected chi connectivity index (χ1v) is 3.97. The highest BCUT2D eigenvalue weighted by Crippen LogP contribution is 2.31. The van der Waals surface area contributed by atoms with Crippen LogP contribution in [0.2, 0.25) is 0 Å². The minimum absolute atomic E-state index is 0.147. The second-order valence-corrected chi connectivity index (χ2v) is 3.26. The molecule has 1 aromatic carbocycles. The third-order valence-electron chi connectivity index (χ3n) is 2.18. The van der Waals surface area contributed by atoms with Gasteiger partial charge in [-0.25, -0.2) is 4.39 Å². The first kappa shape index (κ1) is 8.47. The molecule has 0 unspecified atom stereocenters. The van der Waals surface area contributed by atoms with Crippen molar-refractivity contribution < 1.29 is 14.2 Å². The molecule has 1 aliphatic rings. The first-order chi connectivity index (χ1) is 6.12. The molecule has 0 spiro atoms. The molecule has 0 aliphatic carbocycles. The zero-order chi connectivity index (χ0) is 9.47. The molecule has 1 aromatic rings. The Morgan fingerprint density at radius 3 is 2.62 bits per heavy atom. The van der Waals surface area contributed by atoms with Gasteiger partial charge in [0.1, 0.15) is 11.4 Å². The number of aliphatic hydroxyl groups is 1. The molecule has 0 aromatic heterocycles. The molecule has 3 N–H and O–H groups in total. The summed E-state index contributed by atoms with van der Waals surface area (Å²) in [6.07, 6.45) is 0. The van der Waals surface area contributed by atoms with Gasteiger partial charge in [0, 0.05) is 11.3 Å². The number of benzene rings is 1. The molecule has 4 heteroatoms. The van der Waals surface area contributed by atoms with Crippen molar-refractivity contribution in [3.05, 3.63) is 29.6 Å². The smallest absolute Gasteiger partial charge is 0.139 e. The lowest BCUT2D eigenvalue weighted by atomic mass is 9.91. The van der Waals surface area contributed by atoms with Gasteiger partial charge in [0.05, 0.1) is 13.2 Å². The van der Waals surface area contributed by atoms with Crippen molar-refractivity contribution in [3.8, 4) is 0 Å². The van der Waals surface area contributed by atoms with Gasteiger partial charge in [-0.3, -0.25) is 0 Å². The van der Waals surface area contributed by atoms with Crippen molar-refractivity contribution >= 4 is 5.69 Å². The third-order valence-corrected chi connectivity index (χ3v) is 2.18. The van der Waals surface area contributed by atoms with E-state index in [-0.39, 0.29) is 18.8 Å². The summed E-state index contributed by atoms with van der Waals surface area (Å²) in [7, 11) is 0. The van der Waals surface area contributed by atoms with Crippen molar-refractivity contribution in [2.75, 3.05) is 18.9 Å². The van der Waals surface area contributed by atoms with Crippen LogP contribution >= 0.6 is 0 Å². The summed E-state index contributed by atoms with van der Waals surface area (Å²) in [5.41, 5.74) is 4.83. The second-order valence-electron chi connectivity index (χ2n) is 3.26. The van der Waals surface area contributed by atoms with E-state index in [0.717, 1.165) is 0 Å². The standard InChI is InChI=1S/C9H10FNO2/c10-8-3-6(11)1-2-7(8)9(12)4-13-5-9/h1-3,12H,4-5,11H2. The van der Waals surface area contributed by atoms with Gasteiger partial charge in [-0.05, 0) is 12.1 Å². The Balaban J connectivity index is 2.40. The Kier molecular flexibility index (Phi) is 1.75. The minimum atomic E-state index is -1.15. The number of halogens is 1. The number of hydrogen-bond acceptors (Lipinski definition) is 3. The number of anilines is 1. The first-order valence-electron chi connectivity index (χ1n) is 3.97. The molecule has 2 rings (SSSR count). The average molecular weight is 183 g/mol. The number of ether oxygens (including phenoxy) is 1. The highest BCUT2D eigenvalue weighted by molar-refractivity contribution is 5.42. The molecule has 70 valence electrons. The number of nitrogen functional groups attached to an aromatic ring is 1. The fourth-order valence-electron chi connectivity index (χ4n) is 1.36. The summed E-state index contributed by atoms with van der Waals surface area (Å²) < 4.78 is 18.1. The number of hydrogen-bond donors (Lipinski definition) is 2. The van der Waals surface area contributed by atoms with E-state index in [4.69, 9.17) is 10.5 Å². The quantitative estimate of drug-likeness (QED) is 0.628. The minimum Gasteiger partial charge on any atom is -0.399 e. The zero-order valence-electron chi connectivity index (χ0n) is 6.96. The molecule has 0 saturated carbocycles. The average Bonchev–Trinajstić information content (AvgIpc) is 2.00. The number of nitrogens with two attached hydrogens (primary N) is 1. The van der Waals surface area contributed by atoms with E-state index < -0.39 is 11.4 Å². The van der Waals surface area contributed by atoms with Crippen LogP contribution in [-0.4, -0.2) is 18.3 Å². The highest BCUT2D eigenvalue weighted by atomic mass is 19.1. The Bertz CT molecular complexity index is 336. The van der Waals surface area contributed by atoms with Crippen LogP contribution in [-0.2, 0) is 10.3 Å². The van der Waals surface area contributed by atoms with Gasteiger partial charge in [-0.2, -0.15) is 0 Å². The molecule has 1 fully saturated rings. The SMILES string of the molecule is Nc1ccc(C2(O)COC2)c(F)c1. The van der Waals surface area contributed by atoms with Crippen molar-refractivity contribution in [2.24, 2.45) is 0 Å². The summed E-state index contributed by atoms with van der Waals surface area (Å²) in [6, 6.07) is 4.26. The molecule has 1 aliphatic heterocycles. The van der Waals surface area contributed by atoms with Crippen molar-refractivity contribution in [3.63, 3.8) is 0 Å². The Labute approximate surface area is 74.9 Å². The van der Waals surface area contributed by atoms with Crippen molar-refractivity contribution in [1.82, 2.24) is 0 Å². The van der Waals surface area contributed by atoms with Crippen molar-refractivity contribution in [2.45, 2.75) is 5.60 Å². The molecule has 1 heterocycles. The maximum absolute atomic E-state index is 13.3. The largest absolute Gasteiger partial charge is 0.399 e. The third kappa shape index (κ3) is 1.28. The van der Waals surface area contributed by atoms with Gasteiger partial charge < -0.3 is 15.6 Å². The van der Waals surface area contributed by atoms with Gasteiger partial charge in [0.2, 0.25) is 0 Å². The second kappa shape index (κ2) is 2.68. The lowest BCUT2D eigenvalue weighted by molar-refractivity contribution is -0.186. The molecular weight excluding hydrogens is 173 g/mol. The molecule has 13 heavy (non-hydrogen) atoms. The summed E-state index contributed by atoms with van der Waals surface area (Å²) in [5, 5.41) is 9.75. The predicted molar refractivity (Wildman–Crippen MR) is 45.5 cm³/mol. The molecule has 0 amide bonds. The van der Waals surface area contributed by atoms with E-state index in [1.165, 1.54) is 12.1 Å². The van der Waals surface area contributed by atoms with E-state index in [1.54, 1.807) is 6.07 Å². The van der Waals surface area contributed by atoms with Gasteiger partial charge in [0.25, 0.3) is 0 Å². The monoisotopic (exact) mass is 183 g/mol. The predicted octanol–water partition coefficient (Wildman–Crippen LogP) is 0.626. The molecule has 0 radical (unpaired) electrons. The maximum Gasteiger partial charge on any atom is 0.139 e. The lowest BCUT2D eigenvalue weighted by Gasteiger charge is -2.36. The van der Waals surface area contributed by atoms with Gasteiger partial charge >= 0.3 is 0 Å². The Morgan fingerprint density at radius 1 is 1.46 bits per heavy atom. The fourth-order valence-corrected chi connectivity index (χ4v) is 1.36. The molecule has 3 nitrogen and oxygen atoms in total. The van der Waals surface area contributed by atoms with Crippen LogP contribution in [0.5, 0.6) is 0 Å². The van der Waals surface area contributed by atoms with Crippen molar-refractivity contribution in [1.29, 1.82) is 0 Å². The van der Waals surface area contributed by atoms with Crippen LogP contribution in [0.25, 0.3) is 0 Å². The van der Waals surface area contributed by atoms with E-state index in [1.807, 2.05) is 0 Å². The zero-order valence-corrected chi connectivity index (χ0v) is 6.96. The topological polar surface area (TPSA) is 55.5 Å². The lowest BCUT2D eigenvalue weighted by Crippen LogP contribution is -2.47. The van der Waals surface area contributed by atoms with Crippen LogP contribution in [0.4, 0.5) is 10.1 Å². The normalized spacial score (nSPS) is 19.5. The van der Waals surface area contributed by atoms with E-state index >= 15 is 0 Å². The summed E-state index contributed by atoms with van der Waals surface area (Å²) in [6.45, 7) is 0.293. The Morgan fingerprint density at radius 2 is 2.15 bits per heavy atom. The van der Waals surface area contributed by atoms with E-state index in [2.05, 4.69) is 0 Å². The summed E-state index contributed by atoms with van der Waals surface area (Å²) >= 11 is 0. The van der Waals surface area contributed by atoms with E-state index in [9.17, 15) is 9.50 Å². The van der Waals surface area contributed by atoms with E-state index in [0.29, 0.717) is 5.69 Å². The Hall–Kier alpha value is -1.13. The summed E-state index contributed by atoms with van der Waals surface area (Å²) in [4.78, 5) is 0. The van der Waals surface area contributed by atoms with Crippen LogP contribution in [0, 0.1) is 5.82 Å². The highest BCUT2D eigenvalue weighted by Gasteiger charge is 2.39. The molecule has 0 atom stereocenters. The van der Waals surface area contributed by atoms with Crippen LogP contribution in [0.3, 0.4) is 0 Å². The van der Waals surface area contributed by atoms with Crippen LogP contribution in [0.1, 0.15) is 5.56 Å². The fraction of sp³-hybridized carbons (Fsp3) is 0.333. The summed E-state index contributed by atoms with van der Waals surface area (Å²) in [5.74, 6) is -0.481. The van der Waals surface area contributed by atoms with Gasteiger partial charge in [0.15, 0.2) is 0 Å².